The first-order valence-electron chi connectivity index (χ1n) is 17.0. The smallest absolute Gasteiger partial charge is 0.407 e. The first-order chi connectivity index (χ1) is 23.3. The van der Waals surface area contributed by atoms with Gasteiger partial charge in [-0.3, -0.25) is 28.8 Å². The average molecular weight is 689 g/mol. The maximum absolute atomic E-state index is 13.9. The molecular weight excluding hydrogens is 639 g/mol. The summed E-state index contributed by atoms with van der Waals surface area (Å²) in [4.78, 5) is 91.9. The topological polar surface area (TPSA) is 206 Å². The molecule has 1 aromatic rings. The van der Waals surface area contributed by atoms with Gasteiger partial charge in [-0.05, 0) is 61.6 Å². The second-order valence-electron chi connectivity index (χ2n) is 13.1. The summed E-state index contributed by atoms with van der Waals surface area (Å²) in [6.45, 7) is 5.35. The van der Waals surface area contributed by atoms with E-state index in [0.717, 1.165) is 44.2 Å². The molecule has 14 nitrogen and oxygen atoms in total. The number of nitrogens with two attached hydrogens (primary N) is 1. The molecule has 15 heteroatoms. The van der Waals surface area contributed by atoms with E-state index in [2.05, 4.69) is 21.3 Å². The summed E-state index contributed by atoms with van der Waals surface area (Å²) in [7, 11) is 0. The van der Waals surface area contributed by atoms with Crippen molar-refractivity contribution < 1.29 is 42.7 Å². The van der Waals surface area contributed by atoms with Gasteiger partial charge in [0.05, 0.1) is 19.2 Å². The monoisotopic (exact) mass is 688 g/mol. The molecule has 0 bridgehead atoms. The van der Waals surface area contributed by atoms with Crippen LogP contribution in [0.15, 0.2) is 24.3 Å². The van der Waals surface area contributed by atoms with E-state index >= 15 is 0 Å². The molecule has 2 fully saturated rings. The summed E-state index contributed by atoms with van der Waals surface area (Å²) in [6.07, 6.45) is 5.10. The quantitative estimate of drug-likeness (QED) is 0.161. The zero-order chi connectivity index (χ0) is 36.1. The molecule has 0 aromatic heterocycles. The largest absolute Gasteiger partial charge is 0.449 e. The second kappa shape index (κ2) is 18.8. The predicted octanol–water partition coefficient (Wildman–Crippen LogP) is 1.76. The highest BCUT2D eigenvalue weighted by atomic mass is 19.1. The van der Waals surface area contributed by atoms with Gasteiger partial charge in [0.15, 0.2) is 0 Å². The maximum atomic E-state index is 13.9. The minimum atomic E-state index is -1.38. The van der Waals surface area contributed by atoms with Crippen molar-refractivity contribution in [2.24, 2.45) is 17.6 Å². The van der Waals surface area contributed by atoms with Gasteiger partial charge in [-0.15, -0.1) is 0 Å². The van der Waals surface area contributed by atoms with E-state index in [9.17, 15) is 38.0 Å². The lowest BCUT2D eigenvalue weighted by Gasteiger charge is -2.34. The van der Waals surface area contributed by atoms with Crippen LogP contribution in [-0.4, -0.2) is 84.1 Å². The van der Waals surface area contributed by atoms with E-state index in [4.69, 9.17) is 10.5 Å². The third kappa shape index (κ3) is 11.5. The van der Waals surface area contributed by atoms with Crippen molar-refractivity contribution in [3.8, 4) is 0 Å². The molecule has 6 amide bonds. The van der Waals surface area contributed by atoms with Crippen molar-refractivity contribution in [3.63, 3.8) is 0 Å². The van der Waals surface area contributed by atoms with E-state index < -0.39 is 72.0 Å². The number of hydrogen-bond acceptors (Lipinski definition) is 8. The molecule has 1 saturated heterocycles. The number of likely N-dealkylation sites (tertiary alicyclic amines) is 1. The molecule has 1 aliphatic heterocycles. The number of ketones is 1. The number of carbonyl (C=O) groups excluding carboxylic acids is 7. The van der Waals surface area contributed by atoms with Crippen LogP contribution in [0.5, 0.6) is 0 Å². The zero-order valence-corrected chi connectivity index (χ0v) is 28.4. The summed E-state index contributed by atoms with van der Waals surface area (Å²) in [5.74, 6) is -5.60. The number of amides is 6. The predicted molar refractivity (Wildman–Crippen MR) is 176 cm³/mol. The van der Waals surface area contributed by atoms with Crippen LogP contribution in [0, 0.1) is 17.7 Å². The number of ether oxygens (including phenoxy) is 1. The van der Waals surface area contributed by atoms with Gasteiger partial charge in [-0.1, -0.05) is 58.6 Å². The Morgan fingerprint density at radius 3 is 2.33 bits per heavy atom. The molecule has 0 radical (unpaired) electrons. The Bertz CT molecular complexity index is 1370. The first kappa shape index (κ1) is 38.9. The molecule has 1 heterocycles. The van der Waals surface area contributed by atoms with Gasteiger partial charge in [0.25, 0.3) is 5.91 Å². The molecule has 6 N–H and O–H groups in total. The lowest BCUT2D eigenvalue weighted by molar-refractivity contribution is -0.143. The Morgan fingerprint density at radius 2 is 1.69 bits per heavy atom. The molecule has 3 rings (SSSR count). The average Bonchev–Trinajstić information content (AvgIpc) is 3.57. The lowest BCUT2D eigenvalue weighted by atomic mass is 9.83. The summed E-state index contributed by atoms with van der Waals surface area (Å²) < 4.78 is 18.9. The van der Waals surface area contributed by atoms with Gasteiger partial charge in [0.2, 0.25) is 29.4 Å². The van der Waals surface area contributed by atoms with Crippen LogP contribution >= 0.6 is 0 Å². The van der Waals surface area contributed by atoms with E-state index in [-0.39, 0.29) is 42.9 Å². The molecule has 4 atom stereocenters. The van der Waals surface area contributed by atoms with E-state index in [0.29, 0.717) is 19.3 Å². The molecule has 270 valence electrons. The van der Waals surface area contributed by atoms with Gasteiger partial charge >= 0.3 is 6.09 Å². The van der Waals surface area contributed by atoms with Crippen molar-refractivity contribution >= 4 is 41.4 Å². The highest BCUT2D eigenvalue weighted by Crippen LogP contribution is 2.29. The van der Waals surface area contributed by atoms with Crippen LogP contribution in [0.25, 0.3) is 0 Å². The molecular formula is C34H49FN6O8. The number of rotatable bonds is 16. The minimum absolute atomic E-state index is 0.0975. The number of Topliss-reactive ketones (excluding diaryl/α,β-unsaturated/α-hetero) is 1. The van der Waals surface area contributed by atoms with E-state index in [1.807, 2.05) is 13.8 Å². The lowest BCUT2D eigenvalue weighted by Crippen LogP contribution is -2.58. The van der Waals surface area contributed by atoms with Crippen LogP contribution < -0.4 is 27.0 Å². The molecule has 2 aliphatic rings. The van der Waals surface area contributed by atoms with Crippen LogP contribution in [-0.2, 0) is 33.5 Å². The maximum Gasteiger partial charge on any atom is 0.407 e. The Labute approximate surface area is 285 Å². The van der Waals surface area contributed by atoms with Crippen molar-refractivity contribution in [2.45, 2.75) is 103 Å². The Morgan fingerprint density at radius 1 is 0.980 bits per heavy atom. The number of nitrogens with zero attached hydrogens (tertiary/aromatic N) is 1. The van der Waals surface area contributed by atoms with Crippen LogP contribution in [0.4, 0.5) is 9.18 Å². The zero-order valence-electron chi connectivity index (χ0n) is 28.4. The second-order valence-corrected chi connectivity index (χ2v) is 13.1. The van der Waals surface area contributed by atoms with Crippen LogP contribution in [0.2, 0.25) is 0 Å². The Kier molecular flexibility index (Phi) is 15.0. The number of carbonyl (C=O) groups is 7. The minimum Gasteiger partial charge on any atom is -0.449 e. The number of hydrogen-bond donors (Lipinski definition) is 5. The van der Waals surface area contributed by atoms with Gasteiger partial charge in [-0.2, -0.15) is 0 Å². The van der Waals surface area contributed by atoms with Crippen LogP contribution in [0.3, 0.4) is 0 Å². The molecule has 1 aliphatic carbocycles. The van der Waals surface area contributed by atoms with Crippen molar-refractivity contribution in [1.82, 2.24) is 26.2 Å². The fourth-order valence-electron chi connectivity index (χ4n) is 6.19. The van der Waals surface area contributed by atoms with Gasteiger partial charge in [0.1, 0.15) is 23.9 Å². The highest BCUT2D eigenvalue weighted by Gasteiger charge is 2.42. The normalized spacial score (nSPS) is 18.1. The first-order valence-corrected chi connectivity index (χ1v) is 17.0. The summed E-state index contributed by atoms with van der Waals surface area (Å²) in [6, 6.07) is 0.528. The standard InChI is InChI=1S/C34H49FN6O8/c1-4-10-24(29(43)32(46)37-18-26(42)39-27(30(36)44)22-13-8-14-23(35)17-22)38-31(45)25-15-9-16-41(25)33(47)28(21-11-6-5-7-12-21)40-34(48)49-19-20(2)3/h8,13-14,17,20-21,24-25,27-28H,4-7,9-12,15-16,18-19H2,1-3H3,(H2,36,44)(H,37,46)(H,38,45)(H,39,42)(H,40,48). The third-order valence-electron chi connectivity index (χ3n) is 8.66. The van der Waals surface area contributed by atoms with Crippen LogP contribution in [0.1, 0.15) is 90.2 Å². The Hall–Kier alpha value is -4.56. The summed E-state index contributed by atoms with van der Waals surface area (Å²) in [5.41, 5.74) is 5.46. The van der Waals surface area contributed by atoms with Gasteiger partial charge in [-0.25, -0.2) is 9.18 Å². The van der Waals surface area contributed by atoms with Gasteiger partial charge in [0, 0.05) is 6.54 Å². The number of nitrogens with one attached hydrogen (secondary N) is 4. The van der Waals surface area contributed by atoms with Gasteiger partial charge < -0.3 is 36.6 Å². The van der Waals surface area contributed by atoms with Crippen molar-refractivity contribution in [2.75, 3.05) is 19.7 Å². The fourth-order valence-corrected chi connectivity index (χ4v) is 6.19. The SMILES string of the molecule is CCCC(NC(=O)C1CCCN1C(=O)C(NC(=O)OCC(C)C)C1CCCCC1)C(=O)C(=O)NCC(=O)NC(C(N)=O)c1cccc(F)c1. The number of alkyl carbamates (subject to hydrolysis) is 1. The fraction of sp³-hybridized carbons (Fsp3) is 0.618. The summed E-state index contributed by atoms with van der Waals surface area (Å²) >= 11 is 0. The molecule has 0 spiro atoms. The summed E-state index contributed by atoms with van der Waals surface area (Å²) in [5, 5.41) is 9.88. The Balaban J connectivity index is 1.63. The molecule has 1 saturated carbocycles. The third-order valence-corrected chi connectivity index (χ3v) is 8.66. The van der Waals surface area contributed by atoms with Crippen molar-refractivity contribution in [1.29, 1.82) is 0 Å². The number of benzene rings is 1. The number of halogens is 1. The molecule has 49 heavy (non-hydrogen) atoms. The van der Waals surface area contributed by atoms with Crippen molar-refractivity contribution in [3.05, 3.63) is 35.6 Å². The molecule has 4 unspecified atom stereocenters. The van der Waals surface area contributed by atoms with E-state index in [1.54, 1.807) is 6.92 Å². The molecule has 1 aromatic carbocycles. The van der Waals surface area contributed by atoms with E-state index in [1.165, 1.54) is 17.0 Å². The number of primary amides is 1. The highest BCUT2D eigenvalue weighted by molar-refractivity contribution is 6.38.